The first-order valence-corrected chi connectivity index (χ1v) is 10.8. The Morgan fingerprint density at radius 1 is 1.10 bits per heavy atom. The molecule has 0 heterocycles. The molecule has 0 spiro atoms. The lowest BCUT2D eigenvalue weighted by molar-refractivity contribution is -0.131. The van der Waals surface area contributed by atoms with E-state index >= 15 is 0 Å². The van der Waals surface area contributed by atoms with Gasteiger partial charge >= 0.3 is 12.1 Å². The maximum absolute atomic E-state index is 12.7. The maximum Gasteiger partial charge on any atom is 0.412 e. The number of halogens is 1. The number of phenols is 1. The summed E-state index contributed by atoms with van der Waals surface area (Å²) in [5, 5.41) is 23.7. The fourth-order valence-electron chi connectivity index (χ4n) is 3.27. The Balaban J connectivity index is 1.75. The summed E-state index contributed by atoms with van der Waals surface area (Å²) in [6.07, 6.45) is 2.88. The summed E-state index contributed by atoms with van der Waals surface area (Å²) < 4.78 is 6.60. The Morgan fingerprint density at radius 3 is 2.68 bits per heavy atom. The van der Waals surface area contributed by atoms with Gasteiger partial charge in [-0.1, -0.05) is 42.5 Å². The minimum atomic E-state index is -1.00. The van der Waals surface area contributed by atoms with E-state index in [9.17, 15) is 14.7 Å². The molecule has 0 fully saturated rings. The molecule has 0 aliphatic carbocycles. The molecule has 0 aliphatic rings. The number of carboxylic acids is 1. The molecule has 0 bridgehead atoms. The Hall–Kier alpha value is -3.07. The van der Waals surface area contributed by atoms with Crippen LogP contribution in [0.15, 0.2) is 72.8 Å². The van der Waals surface area contributed by atoms with Gasteiger partial charge < -0.3 is 14.9 Å². The zero-order chi connectivity index (χ0) is 22.2. The van der Waals surface area contributed by atoms with Crippen LogP contribution >= 0.6 is 22.6 Å². The second-order valence-corrected chi connectivity index (χ2v) is 8.17. The summed E-state index contributed by atoms with van der Waals surface area (Å²) in [6.45, 7) is 0. The fraction of sp³-hybridized carbons (Fsp3) is 0.167. The molecule has 31 heavy (non-hydrogen) atoms. The number of aliphatic carboxylic acids is 1. The number of aromatic hydroxyl groups is 1. The Bertz CT molecular complexity index is 1110. The maximum atomic E-state index is 12.7. The molecule has 7 heteroatoms. The topological polar surface area (TPSA) is 95.9 Å². The third-order valence-electron chi connectivity index (χ3n) is 4.71. The highest BCUT2D eigenvalue weighted by atomic mass is 127. The van der Waals surface area contributed by atoms with Gasteiger partial charge in [-0.3, -0.25) is 5.32 Å². The predicted octanol–water partition coefficient (Wildman–Crippen LogP) is 6.25. The number of anilines is 1. The lowest BCUT2D eigenvalue weighted by Crippen LogP contribution is -2.18. The minimum Gasteiger partial charge on any atom is -0.508 e. The molecule has 3 rings (SSSR count). The standard InChI is InChI=1S/C24H22INO5/c25-17-13-14-21(27)19(15-17)22(11-2-1-3-12-23(28)29)31-24(30)26-20-10-6-8-16-7-4-5-9-18(16)20/h3-10,12-15,22,27H,1-2,11H2,(H,26,30)(H,28,29)/b12-3+/t22-/m1/s1. The van der Waals surface area contributed by atoms with Crippen LogP contribution in [0.4, 0.5) is 10.5 Å². The van der Waals surface area contributed by atoms with E-state index in [1.165, 1.54) is 0 Å². The minimum absolute atomic E-state index is 0.0458. The number of carboxylic acid groups (broad SMARTS) is 1. The molecule has 0 aromatic heterocycles. The largest absolute Gasteiger partial charge is 0.508 e. The van der Waals surface area contributed by atoms with Crippen LogP contribution in [0.2, 0.25) is 0 Å². The second kappa shape index (κ2) is 10.8. The summed E-state index contributed by atoms with van der Waals surface area (Å²) in [7, 11) is 0. The van der Waals surface area contributed by atoms with Gasteiger partial charge in [0, 0.05) is 20.6 Å². The molecule has 0 saturated heterocycles. The lowest BCUT2D eigenvalue weighted by Gasteiger charge is -2.20. The van der Waals surface area contributed by atoms with Gasteiger partial charge in [-0.25, -0.2) is 9.59 Å². The van der Waals surface area contributed by atoms with Gasteiger partial charge in [0.1, 0.15) is 11.9 Å². The third-order valence-corrected chi connectivity index (χ3v) is 5.38. The quantitative estimate of drug-likeness (QED) is 0.182. The van der Waals surface area contributed by atoms with Gasteiger partial charge in [0.2, 0.25) is 0 Å². The molecule has 6 nitrogen and oxygen atoms in total. The van der Waals surface area contributed by atoms with Gasteiger partial charge in [-0.05, 0) is 71.5 Å². The van der Waals surface area contributed by atoms with E-state index in [0.29, 0.717) is 30.5 Å². The molecule has 0 radical (unpaired) electrons. The molecule has 3 N–H and O–H groups in total. The second-order valence-electron chi connectivity index (χ2n) is 6.92. The first-order chi connectivity index (χ1) is 14.9. The van der Waals surface area contributed by atoms with Crippen molar-refractivity contribution < 1.29 is 24.5 Å². The fourth-order valence-corrected chi connectivity index (χ4v) is 3.78. The van der Waals surface area contributed by atoms with E-state index in [1.807, 2.05) is 36.4 Å². The van der Waals surface area contributed by atoms with Crippen LogP contribution in [0.25, 0.3) is 10.8 Å². The lowest BCUT2D eigenvalue weighted by atomic mass is 10.0. The number of hydrogen-bond acceptors (Lipinski definition) is 4. The summed E-state index contributed by atoms with van der Waals surface area (Å²) in [5.41, 5.74) is 1.15. The van der Waals surface area contributed by atoms with Crippen molar-refractivity contribution in [2.24, 2.45) is 0 Å². The SMILES string of the molecule is O=C(O)/C=C/CCC[C@@H](OC(=O)Nc1cccc2ccccc12)c1cc(I)ccc1O. The molecule has 3 aromatic rings. The smallest absolute Gasteiger partial charge is 0.412 e. The van der Waals surface area contributed by atoms with Crippen LogP contribution in [0.1, 0.15) is 30.9 Å². The number of carbonyl (C=O) groups is 2. The van der Waals surface area contributed by atoms with Crippen molar-refractivity contribution in [3.63, 3.8) is 0 Å². The number of unbranched alkanes of at least 4 members (excludes halogenated alkanes) is 1. The van der Waals surface area contributed by atoms with Gasteiger partial charge in [-0.2, -0.15) is 0 Å². The van der Waals surface area contributed by atoms with Crippen molar-refractivity contribution in [1.29, 1.82) is 0 Å². The molecular weight excluding hydrogens is 509 g/mol. The van der Waals surface area contributed by atoms with Crippen molar-refractivity contribution in [3.8, 4) is 5.75 Å². The molecule has 0 saturated carbocycles. The van der Waals surface area contributed by atoms with Crippen molar-refractivity contribution >= 4 is 51.1 Å². The van der Waals surface area contributed by atoms with Crippen LogP contribution in [0.5, 0.6) is 5.75 Å². The Labute approximate surface area is 193 Å². The van der Waals surface area contributed by atoms with Gasteiger partial charge in [0.25, 0.3) is 0 Å². The van der Waals surface area contributed by atoms with E-state index in [2.05, 4.69) is 27.9 Å². The van der Waals surface area contributed by atoms with Crippen molar-refractivity contribution in [2.75, 3.05) is 5.32 Å². The molecule has 0 aliphatic heterocycles. The number of fused-ring (bicyclic) bond motifs is 1. The van der Waals surface area contributed by atoms with Crippen LogP contribution in [-0.2, 0) is 9.53 Å². The monoisotopic (exact) mass is 531 g/mol. The predicted molar refractivity (Wildman–Crippen MR) is 128 cm³/mol. The number of phenolic OH excluding ortho intramolecular Hbond substituents is 1. The number of nitrogens with one attached hydrogen (secondary N) is 1. The third kappa shape index (κ3) is 6.45. The van der Waals surface area contributed by atoms with Gasteiger partial charge in [-0.15, -0.1) is 0 Å². The van der Waals surface area contributed by atoms with E-state index in [0.717, 1.165) is 20.4 Å². The van der Waals surface area contributed by atoms with E-state index < -0.39 is 18.2 Å². The highest BCUT2D eigenvalue weighted by molar-refractivity contribution is 14.1. The number of ether oxygens (including phenoxy) is 1. The zero-order valence-electron chi connectivity index (χ0n) is 16.6. The van der Waals surface area contributed by atoms with Crippen LogP contribution in [0, 0.1) is 3.57 Å². The van der Waals surface area contributed by atoms with Crippen LogP contribution < -0.4 is 5.32 Å². The van der Waals surface area contributed by atoms with Crippen molar-refractivity contribution in [3.05, 3.63) is 81.9 Å². The number of amides is 1. The molecule has 160 valence electrons. The normalized spacial score (nSPS) is 12.0. The van der Waals surface area contributed by atoms with Crippen molar-refractivity contribution in [2.45, 2.75) is 25.4 Å². The molecular formula is C24H22INO5. The van der Waals surface area contributed by atoms with Crippen molar-refractivity contribution in [1.82, 2.24) is 0 Å². The molecule has 3 aromatic carbocycles. The number of allylic oxidation sites excluding steroid dienone is 1. The number of rotatable bonds is 8. The van der Waals surface area contributed by atoms with E-state index in [-0.39, 0.29) is 5.75 Å². The summed E-state index contributed by atoms with van der Waals surface area (Å²) in [6, 6.07) is 18.4. The number of carbonyl (C=O) groups excluding carboxylic acids is 1. The highest BCUT2D eigenvalue weighted by Gasteiger charge is 2.20. The summed E-state index contributed by atoms with van der Waals surface area (Å²) in [4.78, 5) is 23.3. The Kier molecular flexibility index (Phi) is 7.88. The zero-order valence-corrected chi connectivity index (χ0v) is 18.8. The van der Waals surface area contributed by atoms with Gasteiger partial charge in [0.15, 0.2) is 0 Å². The highest BCUT2D eigenvalue weighted by Crippen LogP contribution is 2.33. The average molecular weight is 531 g/mol. The first-order valence-electron chi connectivity index (χ1n) is 9.77. The van der Waals surface area contributed by atoms with E-state index in [4.69, 9.17) is 9.84 Å². The molecule has 1 atom stereocenters. The van der Waals surface area contributed by atoms with Crippen LogP contribution in [-0.4, -0.2) is 22.3 Å². The Morgan fingerprint density at radius 2 is 1.87 bits per heavy atom. The number of hydrogen-bond donors (Lipinski definition) is 3. The summed E-state index contributed by atoms with van der Waals surface area (Å²) >= 11 is 2.13. The van der Waals surface area contributed by atoms with Crippen LogP contribution in [0.3, 0.4) is 0 Å². The van der Waals surface area contributed by atoms with Gasteiger partial charge in [0.05, 0.1) is 5.69 Å². The summed E-state index contributed by atoms with van der Waals surface area (Å²) in [5.74, 6) is -0.957. The number of benzene rings is 3. The first kappa shape index (κ1) is 22.6. The average Bonchev–Trinajstić information content (AvgIpc) is 2.74. The van der Waals surface area contributed by atoms with E-state index in [1.54, 1.807) is 30.3 Å². The molecule has 1 amide bonds. The molecule has 0 unspecified atom stereocenters.